The van der Waals surface area contributed by atoms with Gasteiger partial charge >= 0.3 is 6.03 Å². The summed E-state index contributed by atoms with van der Waals surface area (Å²) in [6, 6.07) is 14.1. The van der Waals surface area contributed by atoms with E-state index in [2.05, 4.69) is 10.3 Å². The van der Waals surface area contributed by atoms with Crippen LogP contribution in [0, 0.1) is 6.92 Å². The van der Waals surface area contributed by atoms with E-state index in [4.69, 9.17) is 0 Å². The number of para-hydroxylation sites is 1. The highest BCUT2D eigenvalue weighted by Gasteiger charge is 2.17. The number of carbonyl (C=O) groups is 1. The molecule has 0 spiro atoms. The molecule has 7 nitrogen and oxygen atoms in total. The molecule has 0 aliphatic rings. The van der Waals surface area contributed by atoms with Crippen molar-refractivity contribution in [2.75, 3.05) is 0 Å². The van der Waals surface area contributed by atoms with Crippen LogP contribution in [-0.4, -0.2) is 19.4 Å². The zero-order valence-corrected chi connectivity index (χ0v) is 14.8. The molecule has 0 atom stereocenters. The molecule has 2 aromatic carbocycles. The van der Waals surface area contributed by atoms with E-state index in [1.165, 1.54) is 12.1 Å². The van der Waals surface area contributed by atoms with Gasteiger partial charge in [0.25, 0.3) is 15.6 Å². The van der Waals surface area contributed by atoms with Crippen molar-refractivity contribution < 1.29 is 13.2 Å². The number of amides is 2. The number of hydrogen-bond acceptors (Lipinski definition) is 4. The summed E-state index contributed by atoms with van der Waals surface area (Å²) in [5.74, 6) is 0. The normalized spacial score (nSPS) is 11.3. The number of urea groups is 1. The summed E-state index contributed by atoms with van der Waals surface area (Å²) in [6.07, 6.45) is 0. The first-order chi connectivity index (χ1) is 12.3. The van der Waals surface area contributed by atoms with Crippen molar-refractivity contribution in [2.45, 2.75) is 18.4 Å². The Balaban J connectivity index is 1.70. The Kier molecular flexibility index (Phi) is 4.77. The third-order valence-corrected chi connectivity index (χ3v) is 5.18. The van der Waals surface area contributed by atoms with Gasteiger partial charge in [-0.1, -0.05) is 35.9 Å². The molecule has 3 rings (SSSR count). The van der Waals surface area contributed by atoms with E-state index in [-0.39, 0.29) is 17.0 Å². The van der Waals surface area contributed by atoms with Crippen molar-refractivity contribution in [1.82, 2.24) is 15.0 Å². The van der Waals surface area contributed by atoms with Gasteiger partial charge in [0.15, 0.2) is 0 Å². The van der Waals surface area contributed by atoms with Crippen molar-refractivity contribution in [3.05, 3.63) is 76.1 Å². The molecule has 3 aromatic rings. The number of rotatable bonds is 4. The first-order valence-electron chi connectivity index (χ1n) is 7.83. The highest BCUT2D eigenvalue weighted by Crippen LogP contribution is 2.11. The van der Waals surface area contributed by atoms with Crippen molar-refractivity contribution in [3.8, 4) is 0 Å². The lowest BCUT2D eigenvalue weighted by atomic mass is 10.1. The van der Waals surface area contributed by atoms with Gasteiger partial charge in [0, 0.05) is 11.1 Å². The first kappa shape index (κ1) is 17.7. The summed E-state index contributed by atoms with van der Waals surface area (Å²) in [4.78, 5) is 26.7. The topological polar surface area (TPSA) is 108 Å². The van der Waals surface area contributed by atoms with E-state index in [1.54, 1.807) is 30.3 Å². The minimum atomic E-state index is -3.97. The molecule has 0 unspecified atom stereocenters. The maximum Gasteiger partial charge on any atom is 0.328 e. The first-order valence-corrected chi connectivity index (χ1v) is 9.32. The number of nitrogens with one attached hydrogen (secondary N) is 3. The molecule has 3 N–H and O–H groups in total. The minimum absolute atomic E-state index is 0.0122. The largest absolute Gasteiger partial charge is 0.333 e. The van der Waals surface area contributed by atoms with Crippen LogP contribution in [0.25, 0.3) is 10.9 Å². The van der Waals surface area contributed by atoms with Crippen molar-refractivity contribution in [1.29, 1.82) is 0 Å². The Morgan fingerprint density at radius 3 is 2.50 bits per heavy atom. The number of sulfonamides is 1. The van der Waals surface area contributed by atoms with Crippen molar-refractivity contribution >= 4 is 27.0 Å². The van der Waals surface area contributed by atoms with Crippen LogP contribution >= 0.6 is 0 Å². The van der Waals surface area contributed by atoms with Gasteiger partial charge in [-0.15, -0.1) is 0 Å². The molecule has 0 aliphatic carbocycles. The lowest BCUT2D eigenvalue weighted by Gasteiger charge is -2.09. The standard InChI is InChI=1S/C18H17N3O4S/c1-12-6-8-15(9-7-12)26(24,25)21-18(23)19-11-14-10-13-4-2-3-5-16(13)20-17(14)22/h2-10H,11H2,1H3,(H,20,22)(H2,19,21,23). The highest BCUT2D eigenvalue weighted by atomic mass is 32.2. The Morgan fingerprint density at radius 1 is 1.08 bits per heavy atom. The minimum Gasteiger partial charge on any atom is -0.333 e. The number of pyridine rings is 1. The predicted molar refractivity (Wildman–Crippen MR) is 98.3 cm³/mol. The number of benzene rings is 2. The number of hydrogen-bond donors (Lipinski definition) is 3. The van der Waals surface area contributed by atoms with Gasteiger partial charge in [-0.05, 0) is 36.6 Å². The van der Waals surface area contributed by atoms with Gasteiger partial charge < -0.3 is 10.3 Å². The van der Waals surface area contributed by atoms with Crippen LogP contribution in [0.2, 0.25) is 0 Å². The fourth-order valence-corrected chi connectivity index (χ4v) is 3.36. The molecule has 1 aromatic heterocycles. The second-order valence-electron chi connectivity index (χ2n) is 5.81. The lowest BCUT2D eigenvalue weighted by Crippen LogP contribution is -2.39. The Bertz CT molecular complexity index is 1120. The monoisotopic (exact) mass is 371 g/mol. The van der Waals surface area contributed by atoms with Crippen LogP contribution in [0.3, 0.4) is 0 Å². The fraction of sp³-hybridized carbons (Fsp3) is 0.111. The average molecular weight is 371 g/mol. The van der Waals surface area contributed by atoms with E-state index in [0.29, 0.717) is 11.1 Å². The van der Waals surface area contributed by atoms with Crippen molar-refractivity contribution in [3.63, 3.8) is 0 Å². The Labute approximate surface area is 150 Å². The van der Waals surface area contributed by atoms with Gasteiger partial charge in [0.05, 0.1) is 11.4 Å². The Morgan fingerprint density at radius 2 is 1.77 bits per heavy atom. The molecule has 26 heavy (non-hydrogen) atoms. The molecule has 0 saturated heterocycles. The zero-order valence-electron chi connectivity index (χ0n) is 13.9. The molecule has 0 fully saturated rings. The van der Waals surface area contributed by atoms with Gasteiger partial charge in [0.1, 0.15) is 0 Å². The van der Waals surface area contributed by atoms with E-state index >= 15 is 0 Å². The van der Waals surface area contributed by atoms with Crippen LogP contribution in [-0.2, 0) is 16.6 Å². The average Bonchev–Trinajstić information content (AvgIpc) is 2.60. The second-order valence-corrected chi connectivity index (χ2v) is 7.49. The van der Waals surface area contributed by atoms with E-state index < -0.39 is 16.1 Å². The van der Waals surface area contributed by atoms with Crippen LogP contribution in [0.5, 0.6) is 0 Å². The van der Waals surface area contributed by atoms with Crippen LogP contribution in [0.4, 0.5) is 4.79 Å². The van der Waals surface area contributed by atoms with E-state index in [9.17, 15) is 18.0 Å². The molecule has 0 radical (unpaired) electrons. The van der Waals surface area contributed by atoms with Gasteiger partial charge in [-0.3, -0.25) is 4.79 Å². The van der Waals surface area contributed by atoms with Crippen LogP contribution in [0.1, 0.15) is 11.1 Å². The van der Waals surface area contributed by atoms with Gasteiger partial charge in [-0.2, -0.15) is 0 Å². The highest BCUT2D eigenvalue weighted by molar-refractivity contribution is 7.90. The molecular weight excluding hydrogens is 354 g/mol. The Hall–Kier alpha value is -3.13. The quantitative estimate of drug-likeness (QED) is 0.652. The zero-order chi connectivity index (χ0) is 18.7. The molecule has 8 heteroatoms. The molecular formula is C18H17N3O4S. The smallest absolute Gasteiger partial charge is 0.328 e. The number of aryl methyl sites for hydroxylation is 1. The maximum atomic E-state index is 12.2. The summed E-state index contributed by atoms with van der Waals surface area (Å²) in [7, 11) is -3.97. The number of aromatic nitrogens is 1. The third kappa shape index (κ3) is 3.92. The summed E-state index contributed by atoms with van der Waals surface area (Å²) >= 11 is 0. The van der Waals surface area contributed by atoms with Gasteiger partial charge in [0.2, 0.25) is 0 Å². The summed E-state index contributed by atoms with van der Waals surface area (Å²) in [6.45, 7) is 1.73. The number of fused-ring (bicyclic) bond motifs is 1. The SMILES string of the molecule is Cc1ccc(S(=O)(=O)NC(=O)NCc2cc3ccccc3[nH]c2=O)cc1. The molecule has 0 saturated carbocycles. The second kappa shape index (κ2) is 7.01. The molecule has 1 heterocycles. The lowest BCUT2D eigenvalue weighted by molar-refractivity contribution is 0.245. The molecule has 0 aliphatic heterocycles. The van der Waals surface area contributed by atoms with E-state index in [0.717, 1.165) is 10.9 Å². The van der Waals surface area contributed by atoms with Crippen LogP contribution in [0.15, 0.2) is 64.3 Å². The summed E-state index contributed by atoms with van der Waals surface area (Å²) < 4.78 is 26.3. The fourth-order valence-electron chi connectivity index (χ4n) is 2.43. The predicted octanol–water partition coefficient (Wildman–Crippen LogP) is 2.02. The number of H-pyrrole nitrogens is 1. The number of aromatic amines is 1. The van der Waals surface area contributed by atoms with Gasteiger partial charge in [-0.25, -0.2) is 17.9 Å². The van der Waals surface area contributed by atoms with E-state index in [1.807, 2.05) is 23.8 Å². The number of carbonyl (C=O) groups excluding carboxylic acids is 1. The maximum absolute atomic E-state index is 12.2. The third-order valence-electron chi connectivity index (χ3n) is 3.83. The molecule has 0 bridgehead atoms. The summed E-state index contributed by atoms with van der Waals surface area (Å²) in [5, 5.41) is 3.21. The molecule has 2 amide bonds. The van der Waals surface area contributed by atoms with Crippen molar-refractivity contribution in [2.24, 2.45) is 0 Å². The molecule has 134 valence electrons. The van der Waals surface area contributed by atoms with Crippen LogP contribution < -0.4 is 15.6 Å². The summed E-state index contributed by atoms with van der Waals surface area (Å²) in [5.41, 5.74) is 1.58.